The van der Waals surface area contributed by atoms with E-state index in [1.807, 2.05) is 24.5 Å². The molecule has 1 aromatic carbocycles. The molecule has 0 saturated carbocycles. The van der Waals surface area contributed by atoms with E-state index < -0.39 is 0 Å². The maximum Gasteiger partial charge on any atom is 0.119 e. The van der Waals surface area contributed by atoms with Gasteiger partial charge in [0.25, 0.3) is 0 Å². The van der Waals surface area contributed by atoms with Crippen molar-refractivity contribution in [2.75, 3.05) is 6.61 Å². The molecule has 0 aliphatic heterocycles. The molecule has 216 valence electrons. The summed E-state index contributed by atoms with van der Waals surface area (Å²) in [7, 11) is 0. The summed E-state index contributed by atoms with van der Waals surface area (Å²) >= 11 is 0. The Kier molecular flexibility index (Phi) is 15.8. The predicted octanol–water partition coefficient (Wildman–Crippen LogP) is 11.3. The predicted molar refractivity (Wildman–Crippen MR) is 173 cm³/mol. The van der Waals surface area contributed by atoms with Crippen molar-refractivity contribution in [3.05, 3.63) is 77.6 Å². The summed E-state index contributed by atoms with van der Waals surface area (Å²) in [6.45, 7) is 5.17. The fourth-order valence-corrected chi connectivity index (χ4v) is 5.07. The molecule has 0 radical (unpaired) electrons. The van der Waals surface area contributed by atoms with Gasteiger partial charge >= 0.3 is 0 Å². The Morgan fingerprint density at radius 1 is 0.550 bits per heavy atom. The summed E-state index contributed by atoms with van der Waals surface area (Å²) in [5.41, 5.74) is 5.24. The largest absolute Gasteiger partial charge is 0.494 e. The highest BCUT2D eigenvalue weighted by molar-refractivity contribution is 5.71. The van der Waals surface area contributed by atoms with Gasteiger partial charge in [0.1, 0.15) is 5.75 Å². The minimum absolute atomic E-state index is 0.806. The van der Waals surface area contributed by atoms with E-state index in [4.69, 9.17) is 4.74 Å². The number of benzene rings is 1. The molecule has 3 nitrogen and oxygen atoms in total. The molecule has 0 fully saturated rings. The Morgan fingerprint density at radius 2 is 1.05 bits per heavy atom. The zero-order valence-corrected chi connectivity index (χ0v) is 25.3. The van der Waals surface area contributed by atoms with Crippen LogP contribution < -0.4 is 4.74 Å². The first kappa shape index (κ1) is 31.6. The smallest absolute Gasteiger partial charge is 0.119 e. The Labute approximate surface area is 244 Å². The van der Waals surface area contributed by atoms with Crippen molar-refractivity contribution >= 4 is 12.2 Å². The normalized spacial score (nSPS) is 11.3. The lowest BCUT2D eigenvalue weighted by atomic mass is 10.0. The highest BCUT2D eigenvalue weighted by Gasteiger charge is 2.02. The lowest BCUT2D eigenvalue weighted by Crippen LogP contribution is -1.97. The van der Waals surface area contributed by atoms with Gasteiger partial charge in [-0.25, -0.2) is 0 Å². The molecule has 2 heterocycles. The fraction of sp³-hybridized carbons (Fsp3) is 0.514. The quantitative estimate of drug-likeness (QED) is 0.126. The average Bonchev–Trinajstić information content (AvgIpc) is 2.98. The van der Waals surface area contributed by atoms with Gasteiger partial charge in [0.15, 0.2) is 0 Å². The van der Waals surface area contributed by atoms with E-state index in [2.05, 4.69) is 72.4 Å². The second-order valence-corrected chi connectivity index (χ2v) is 11.2. The number of hydrogen-bond donors (Lipinski definition) is 0. The third-order valence-electron chi connectivity index (χ3n) is 7.58. The number of rotatable bonds is 21. The number of ether oxygens (including phenoxy) is 1. The van der Waals surface area contributed by atoms with Crippen molar-refractivity contribution in [1.82, 2.24) is 9.97 Å². The van der Waals surface area contributed by atoms with Crippen LogP contribution in [0.1, 0.15) is 126 Å². The van der Waals surface area contributed by atoms with E-state index in [1.54, 1.807) is 0 Å². The average molecular weight is 541 g/mol. The van der Waals surface area contributed by atoms with Crippen molar-refractivity contribution in [1.29, 1.82) is 0 Å². The lowest BCUT2D eigenvalue weighted by Gasteiger charge is -2.07. The van der Waals surface area contributed by atoms with Gasteiger partial charge in [-0.1, -0.05) is 128 Å². The van der Waals surface area contributed by atoms with Gasteiger partial charge < -0.3 is 4.74 Å². The molecule has 0 aliphatic rings. The molecule has 2 aromatic heterocycles. The van der Waals surface area contributed by atoms with E-state index in [-0.39, 0.29) is 0 Å². The van der Waals surface area contributed by atoms with Gasteiger partial charge in [-0.15, -0.1) is 0 Å². The van der Waals surface area contributed by atoms with Crippen LogP contribution in [0.15, 0.2) is 60.9 Å². The second-order valence-electron chi connectivity index (χ2n) is 11.2. The van der Waals surface area contributed by atoms with E-state index in [9.17, 15) is 0 Å². The molecule has 0 bridgehead atoms. The number of aromatic nitrogens is 2. The van der Waals surface area contributed by atoms with Crippen LogP contribution in [0.5, 0.6) is 5.75 Å². The number of nitrogens with zero attached hydrogens (tertiary/aromatic N) is 2. The summed E-state index contributed by atoms with van der Waals surface area (Å²) in [4.78, 5) is 8.94. The number of hydrogen-bond acceptors (Lipinski definition) is 3. The van der Waals surface area contributed by atoms with Gasteiger partial charge in [-0.3, -0.25) is 9.97 Å². The SMILES string of the molecule is CCCCCCCCCCCCCCCCCCOc1ccc(/C=C/c2ccnc(-c3cc(C)ccn3)c2)cc1. The fourth-order valence-electron chi connectivity index (χ4n) is 5.07. The van der Waals surface area contributed by atoms with E-state index in [0.717, 1.165) is 41.3 Å². The Balaban J connectivity index is 1.20. The van der Waals surface area contributed by atoms with Crippen LogP contribution in [-0.4, -0.2) is 16.6 Å². The maximum absolute atomic E-state index is 5.98. The molecule has 0 amide bonds. The van der Waals surface area contributed by atoms with E-state index in [1.165, 1.54) is 102 Å². The molecule has 0 saturated heterocycles. The third kappa shape index (κ3) is 13.4. The van der Waals surface area contributed by atoms with Gasteiger partial charge in [-0.2, -0.15) is 0 Å². The van der Waals surface area contributed by atoms with Crippen LogP contribution in [0.3, 0.4) is 0 Å². The molecule has 0 aliphatic carbocycles. The van der Waals surface area contributed by atoms with E-state index in [0.29, 0.717) is 0 Å². The van der Waals surface area contributed by atoms with Crippen LogP contribution in [0.25, 0.3) is 23.5 Å². The molecule has 0 spiro atoms. The molecule has 0 unspecified atom stereocenters. The summed E-state index contributed by atoms with van der Waals surface area (Å²) in [5.74, 6) is 0.954. The minimum Gasteiger partial charge on any atom is -0.494 e. The number of pyridine rings is 2. The van der Waals surface area contributed by atoms with Crippen molar-refractivity contribution in [3.8, 4) is 17.1 Å². The van der Waals surface area contributed by atoms with Crippen molar-refractivity contribution in [3.63, 3.8) is 0 Å². The molecular formula is C37H52N2O. The molecule has 3 rings (SSSR count). The molecule has 0 N–H and O–H groups in total. The summed E-state index contributed by atoms with van der Waals surface area (Å²) in [6.07, 6.45) is 30.2. The first-order chi connectivity index (χ1) is 19.7. The molecule has 3 heteroatoms. The maximum atomic E-state index is 5.98. The molecule has 0 atom stereocenters. The Morgan fingerprint density at radius 3 is 1.62 bits per heavy atom. The van der Waals surface area contributed by atoms with Crippen LogP contribution in [-0.2, 0) is 0 Å². The van der Waals surface area contributed by atoms with Gasteiger partial charge in [0.05, 0.1) is 18.0 Å². The van der Waals surface area contributed by atoms with Crippen molar-refractivity contribution in [2.24, 2.45) is 0 Å². The molecule has 40 heavy (non-hydrogen) atoms. The lowest BCUT2D eigenvalue weighted by molar-refractivity contribution is 0.304. The van der Waals surface area contributed by atoms with Crippen LogP contribution in [0, 0.1) is 6.92 Å². The Hall–Kier alpha value is -2.94. The highest BCUT2D eigenvalue weighted by Crippen LogP contribution is 2.19. The number of unbranched alkanes of at least 4 members (excludes halogenated alkanes) is 15. The van der Waals surface area contributed by atoms with Gasteiger partial charge in [0, 0.05) is 12.4 Å². The first-order valence-corrected chi connectivity index (χ1v) is 16.0. The summed E-state index contributed by atoms with van der Waals surface area (Å²) in [5, 5.41) is 0. The van der Waals surface area contributed by atoms with Gasteiger partial charge in [-0.05, 0) is 66.4 Å². The van der Waals surface area contributed by atoms with Crippen molar-refractivity contribution < 1.29 is 4.74 Å². The monoisotopic (exact) mass is 540 g/mol. The summed E-state index contributed by atoms with van der Waals surface area (Å²) in [6, 6.07) is 16.5. The standard InChI is InChI=1S/C37H52N2O/c1-3-4-5-6-7-8-9-10-11-12-13-14-15-16-17-18-29-40-35-23-21-33(22-24-35)19-20-34-26-28-39-37(31-34)36-30-32(2)25-27-38-36/h19-28,30-31H,3-18,29H2,1-2H3/b20-19+. The molecular weight excluding hydrogens is 488 g/mol. The van der Waals surface area contributed by atoms with Gasteiger partial charge in [0.2, 0.25) is 0 Å². The Bertz CT molecular complexity index is 1090. The number of aryl methyl sites for hydroxylation is 1. The minimum atomic E-state index is 0.806. The van der Waals surface area contributed by atoms with Crippen LogP contribution in [0.2, 0.25) is 0 Å². The topological polar surface area (TPSA) is 35.0 Å². The van der Waals surface area contributed by atoms with Crippen LogP contribution >= 0.6 is 0 Å². The van der Waals surface area contributed by atoms with E-state index >= 15 is 0 Å². The highest BCUT2D eigenvalue weighted by atomic mass is 16.5. The molecule has 3 aromatic rings. The van der Waals surface area contributed by atoms with Crippen molar-refractivity contribution in [2.45, 2.75) is 117 Å². The summed E-state index contributed by atoms with van der Waals surface area (Å²) < 4.78 is 5.98. The zero-order chi connectivity index (χ0) is 28.1. The van der Waals surface area contributed by atoms with Crippen LogP contribution in [0.4, 0.5) is 0 Å². The second kappa shape index (κ2) is 20.0. The zero-order valence-electron chi connectivity index (χ0n) is 25.3. The third-order valence-corrected chi connectivity index (χ3v) is 7.58. The first-order valence-electron chi connectivity index (χ1n) is 16.0.